The Morgan fingerprint density at radius 2 is 2.15 bits per heavy atom. The molecule has 0 saturated heterocycles. The number of hydrogen-bond donors (Lipinski definition) is 3. The standard InChI is InChI=1S/C16H15ClN6O2S/c1-10-2-7-13(25-10)8-18-21-15-20-16(23-22-15)26-9-14(24)19-12-5-3-11(17)4-6-12/h2-8H,9H2,1H3,(H,19,24)(H2,20,21,22,23)/b18-8+. The minimum absolute atomic E-state index is 0.164. The maximum absolute atomic E-state index is 11.9. The molecule has 2 heterocycles. The fourth-order valence-electron chi connectivity index (χ4n) is 1.90. The van der Waals surface area contributed by atoms with Gasteiger partial charge in [0.05, 0.1) is 12.0 Å². The Bertz CT molecular complexity index is 906. The maximum atomic E-state index is 11.9. The van der Waals surface area contributed by atoms with Crippen molar-refractivity contribution in [2.75, 3.05) is 16.5 Å². The summed E-state index contributed by atoms with van der Waals surface area (Å²) in [5.74, 6) is 1.81. The second-order valence-corrected chi connectivity index (χ2v) is 6.51. The van der Waals surface area contributed by atoms with E-state index in [1.807, 2.05) is 19.1 Å². The maximum Gasteiger partial charge on any atom is 0.240 e. The Morgan fingerprint density at radius 1 is 1.35 bits per heavy atom. The van der Waals surface area contributed by atoms with Crippen molar-refractivity contribution in [2.45, 2.75) is 12.1 Å². The van der Waals surface area contributed by atoms with Gasteiger partial charge in [0, 0.05) is 10.7 Å². The lowest BCUT2D eigenvalue weighted by Crippen LogP contribution is -2.13. The molecule has 8 nitrogen and oxygen atoms in total. The van der Waals surface area contributed by atoms with E-state index in [0.717, 1.165) is 5.76 Å². The van der Waals surface area contributed by atoms with Crippen molar-refractivity contribution in [2.24, 2.45) is 5.10 Å². The molecule has 2 aromatic heterocycles. The van der Waals surface area contributed by atoms with Gasteiger partial charge < -0.3 is 9.73 Å². The van der Waals surface area contributed by atoms with Gasteiger partial charge in [0.15, 0.2) is 0 Å². The third-order valence-corrected chi connectivity index (χ3v) is 4.15. The van der Waals surface area contributed by atoms with Gasteiger partial charge >= 0.3 is 0 Å². The average molecular weight is 391 g/mol. The number of thioether (sulfide) groups is 1. The van der Waals surface area contributed by atoms with Crippen LogP contribution in [0.15, 0.2) is 51.1 Å². The minimum Gasteiger partial charge on any atom is -0.460 e. The second kappa shape index (κ2) is 8.54. The number of aromatic amines is 1. The fraction of sp³-hybridized carbons (Fsp3) is 0.125. The number of rotatable bonds is 7. The molecule has 0 radical (unpaired) electrons. The summed E-state index contributed by atoms with van der Waals surface area (Å²) in [5.41, 5.74) is 3.39. The molecule has 0 aliphatic rings. The number of carbonyl (C=O) groups is 1. The first-order valence-corrected chi connectivity index (χ1v) is 8.91. The SMILES string of the molecule is Cc1ccc(/C=N/Nc2nc(SCC(=O)Nc3ccc(Cl)cc3)n[nH]2)o1. The van der Waals surface area contributed by atoms with Crippen molar-refractivity contribution in [3.05, 3.63) is 52.9 Å². The topological polar surface area (TPSA) is 108 Å². The normalized spacial score (nSPS) is 11.0. The zero-order chi connectivity index (χ0) is 18.4. The smallest absolute Gasteiger partial charge is 0.240 e. The Hall–Kier alpha value is -2.78. The molecular weight excluding hydrogens is 376 g/mol. The molecular formula is C16H15ClN6O2S. The van der Waals surface area contributed by atoms with E-state index < -0.39 is 0 Å². The van der Waals surface area contributed by atoms with Gasteiger partial charge in [-0.15, -0.1) is 5.10 Å². The Morgan fingerprint density at radius 3 is 2.88 bits per heavy atom. The van der Waals surface area contributed by atoms with Crippen LogP contribution >= 0.6 is 23.4 Å². The molecule has 0 unspecified atom stereocenters. The van der Waals surface area contributed by atoms with Crippen LogP contribution in [0.1, 0.15) is 11.5 Å². The summed E-state index contributed by atoms with van der Waals surface area (Å²) >= 11 is 7.01. The molecule has 26 heavy (non-hydrogen) atoms. The fourth-order valence-corrected chi connectivity index (χ4v) is 2.63. The van der Waals surface area contributed by atoms with Crippen LogP contribution in [-0.2, 0) is 4.79 Å². The molecule has 0 fully saturated rings. The molecule has 0 bridgehead atoms. The first-order valence-electron chi connectivity index (χ1n) is 7.54. The van der Waals surface area contributed by atoms with Gasteiger partial charge in [0.2, 0.25) is 17.0 Å². The lowest BCUT2D eigenvalue weighted by molar-refractivity contribution is -0.113. The molecule has 3 rings (SSSR count). The zero-order valence-corrected chi connectivity index (χ0v) is 15.3. The Labute approximate surface area is 158 Å². The minimum atomic E-state index is -0.164. The van der Waals surface area contributed by atoms with Crippen molar-refractivity contribution in [3.63, 3.8) is 0 Å². The second-order valence-electron chi connectivity index (χ2n) is 5.13. The van der Waals surface area contributed by atoms with Gasteiger partial charge in [-0.25, -0.2) is 10.5 Å². The first kappa shape index (κ1) is 18.0. The third-order valence-electron chi connectivity index (χ3n) is 3.05. The number of hydrazone groups is 1. The van der Waals surface area contributed by atoms with Crippen molar-refractivity contribution < 1.29 is 9.21 Å². The number of H-pyrrole nitrogens is 1. The van der Waals surface area contributed by atoms with Gasteiger partial charge in [-0.2, -0.15) is 10.1 Å². The molecule has 3 aromatic rings. The van der Waals surface area contributed by atoms with Crippen molar-refractivity contribution in [1.29, 1.82) is 0 Å². The van der Waals surface area contributed by atoms with Gasteiger partial charge in [-0.3, -0.25) is 4.79 Å². The van der Waals surface area contributed by atoms with E-state index in [1.54, 1.807) is 24.3 Å². The van der Waals surface area contributed by atoms with Crippen LogP contribution in [-0.4, -0.2) is 33.1 Å². The van der Waals surface area contributed by atoms with E-state index in [9.17, 15) is 4.79 Å². The summed E-state index contributed by atoms with van der Waals surface area (Å²) in [6, 6.07) is 10.5. The number of carbonyl (C=O) groups excluding carboxylic acids is 1. The highest BCUT2D eigenvalue weighted by Crippen LogP contribution is 2.16. The van der Waals surface area contributed by atoms with Gasteiger partial charge in [0.1, 0.15) is 11.5 Å². The number of amides is 1. The number of nitrogens with one attached hydrogen (secondary N) is 3. The predicted molar refractivity (Wildman–Crippen MR) is 102 cm³/mol. The van der Waals surface area contributed by atoms with Crippen LogP contribution in [0.3, 0.4) is 0 Å². The molecule has 0 spiro atoms. The van der Waals surface area contributed by atoms with E-state index in [1.165, 1.54) is 18.0 Å². The van der Waals surface area contributed by atoms with E-state index in [4.69, 9.17) is 16.0 Å². The lowest BCUT2D eigenvalue weighted by Gasteiger charge is -2.03. The molecule has 0 aliphatic carbocycles. The summed E-state index contributed by atoms with van der Waals surface area (Å²) < 4.78 is 5.36. The van der Waals surface area contributed by atoms with E-state index in [-0.39, 0.29) is 11.7 Å². The highest BCUT2D eigenvalue weighted by molar-refractivity contribution is 7.99. The lowest BCUT2D eigenvalue weighted by atomic mass is 10.3. The summed E-state index contributed by atoms with van der Waals surface area (Å²) in [7, 11) is 0. The molecule has 0 aliphatic heterocycles. The van der Waals surface area contributed by atoms with Crippen LogP contribution in [0.5, 0.6) is 0 Å². The predicted octanol–water partition coefficient (Wildman–Crippen LogP) is 3.54. The number of benzene rings is 1. The van der Waals surface area contributed by atoms with Gasteiger partial charge in [-0.1, -0.05) is 23.4 Å². The number of anilines is 2. The van der Waals surface area contributed by atoms with Crippen LogP contribution in [0.25, 0.3) is 0 Å². The van der Waals surface area contributed by atoms with E-state index in [0.29, 0.717) is 27.6 Å². The highest BCUT2D eigenvalue weighted by Gasteiger charge is 2.08. The number of nitrogens with zero attached hydrogens (tertiary/aromatic N) is 3. The number of hydrogen-bond acceptors (Lipinski definition) is 7. The average Bonchev–Trinajstić information content (AvgIpc) is 3.24. The monoisotopic (exact) mass is 390 g/mol. The number of halogens is 1. The van der Waals surface area contributed by atoms with Crippen molar-refractivity contribution in [1.82, 2.24) is 15.2 Å². The largest absolute Gasteiger partial charge is 0.460 e. The van der Waals surface area contributed by atoms with Crippen molar-refractivity contribution >= 4 is 47.1 Å². The third kappa shape index (κ3) is 5.36. The Kier molecular flexibility index (Phi) is 5.92. The first-order chi connectivity index (χ1) is 12.6. The molecule has 0 atom stereocenters. The summed E-state index contributed by atoms with van der Waals surface area (Å²) in [5, 5.41) is 14.5. The molecule has 1 aromatic carbocycles. The van der Waals surface area contributed by atoms with Gasteiger partial charge in [0.25, 0.3) is 0 Å². The number of furan rings is 1. The molecule has 10 heteroatoms. The quantitative estimate of drug-likeness (QED) is 0.323. The van der Waals surface area contributed by atoms with Crippen LogP contribution in [0.2, 0.25) is 5.02 Å². The van der Waals surface area contributed by atoms with Crippen LogP contribution < -0.4 is 10.7 Å². The Balaban J connectivity index is 1.45. The number of aromatic nitrogens is 3. The van der Waals surface area contributed by atoms with Crippen LogP contribution in [0.4, 0.5) is 11.6 Å². The summed E-state index contributed by atoms with van der Waals surface area (Å²) in [6.45, 7) is 1.85. The van der Waals surface area contributed by atoms with Crippen molar-refractivity contribution in [3.8, 4) is 0 Å². The van der Waals surface area contributed by atoms with Crippen LogP contribution in [0, 0.1) is 6.92 Å². The molecule has 134 valence electrons. The molecule has 3 N–H and O–H groups in total. The molecule has 0 saturated carbocycles. The van der Waals surface area contributed by atoms with E-state index >= 15 is 0 Å². The van der Waals surface area contributed by atoms with E-state index in [2.05, 4.69) is 31.0 Å². The zero-order valence-electron chi connectivity index (χ0n) is 13.7. The van der Waals surface area contributed by atoms with Gasteiger partial charge in [-0.05, 0) is 43.3 Å². The highest BCUT2D eigenvalue weighted by atomic mass is 35.5. The molecule has 1 amide bonds. The number of aryl methyl sites for hydroxylation is 1. The summed E-state index contributed by atoms with van der Waals surface area (Å²) in [4.78, 5) is 16.1. The summed E-state index contributed by atoms with van der Waals surface area (Å²) in [6.07, 6.45) is 1.53.